The first-order valence-corrected chi connectivity index (χ1v) is 6.12. The Balaban J connectivity index is 2.41. The van der Waals surface area contributed by atoms with E-state index < -0.39 is 17.7 Å². The zero-order valence-corrected chi connectivity index (χ0v) is 11.9. The average Bonchev–Trinajstić information content (AvgIpc) is 2.22. The summed E-state index contributed by atoms with van der Waals surface area (Å²) in [5, 5.41) is 8.91. The van der Waals surface area contributed by atoms with Crippen molar-refractivity contribution < 1.29 is 19.2 Å². The van der Waals surface area contributed by atoms with E-state index in [1.54, 1.807) is 34.6 Å². The maximum atomic E-state index is 11.6. The number of nitrogens with one attached hydrogen (secondary N) is 2. The van der Waals surface area contributed by atoms with Crippen LogP contribution in [0.2, 0.25) is 0 Å². The van der Waals surface area contributed by atoms with E-state index >= 15 is 0 Å². The molecule has 0 spiro atoms. The highest BCUT2D eigenvalue weighted by Crippen LogP contribution is 2.10. The molecule has 2 N–H and O–H groups in total. The molecule has 0 bridgehead atoms. The van der Waals surface area contributed by atoms with E-state index in [1.165, 1.54) is 0 Å². The monoisotopic (exact) mass is 271 g/mol. The van der Waals surface area contributed by atoms with Crippen molar-refractivity contribution in [1.29, 1.82) is 0 Å². The van der Waals surface area contributed by atoms with Crippen LogP contribution in [0.5, 0.6) is 0 Å². The van der Waals surface area contributed by atoms with Crippen LogP contribution in [-0.4, -0.2) is 42.0 Å². The second-order valence-electron chi connectivity index (χ2n) is 5.57. The number of carbonyl (C=O) groups excluding carboxylic acids is 2. The first-order valence-electron chi connectivity index (χ1n) is 6.12. The number of β-lactam (4-membered cyclic amide) rings is 1. The number of hydrogen-bond donors (Lipinski definition) is 2. The molecule has 1 aliphatic rings. The molecule has 1 rings (SSSR count). The molecule has 2 unspecified atom stereocenters. The predicted octanol–water partition coefficient (Wildman–Crippen LogP) is 0.790. The van der Waals surface area contributed by atoms with E-state index in [4.69, 9.17) is 9.57 Å². The molecule has 0 aromatic carbocycles. The van der Waals surface area contributed by atoms with Gasteiger partial charge in [0.05, 0.1) is 11.8 Å². The molecule has 1 aliphatic heterocycles. The second-order valence-corrected chi connectivity index (χ2v) is 5.57. The highest BCUT2D eigenvalue weighted by Gasteiger charge is 2.41. The maximum absolute atomic E-state index is 11.6. The number of oxime groups is 1. The van der Waals surface area contributed by atoms with Crippen LogP contribution in [0.25, 0.3) is 0 Å². The Hall–Kier alpha value is -1.79. The van der Waals surface area contributed by atoms with Gasteiger partial charge in [0.25, 0.3) is 0 Å². The Labute approximate surface area is 112 Å². The molecule has 1 heterocycles. The fourth-order valence-electron chi connectivity index (χ4n) is 1.43. The zero-order chi connectivity index (χ0) is 14.6. The van der Waals surface area contributed by atoms with Crippen molar-refractivity contribution in [3.63, 3.8) is 0 Å². The van der Waals surface area contributed by atoms with E-state index in [-0.39, 0.29) is 18.6 Å². The molecule has 0 radical (unpaired) electrons. The average molecular weight is 271 g/mol. The fourth-order valence-corrected chi connectivity index (χ4v) is 1.43. The molecule has 2 amide bonds. The molecule has 2 atom stereocenters. The van der Waals surface area contributed by atoms with Gasteiger partial charge in [-0.25, -0.2) is 4.79 Å². The normalized spacial score (nSPS) is 21.8. The first-order chi connectivity index (χ1) is 8.69. The Kier molecular flexibility index (Phi) is 4.74. The quantitative estimate of drug-likeness (QED) is 0.449. The minimum absolute atomic E-state index is 0.206. The van der Waals surface area contributed by atoms with E-state index in [9.17, 15) is 9.59 Å². The van der Waals surface area contributed by atoms with Crippen molar-refractivity contribution in [2.75, 3.05) is 6.61 Å². The summed E-state index contributed by atoms with van der Waals surface area (Å²) in [5.41, 5.74) is 0.183. The molecule has 7 nitrogen and oxygen atoms in total. The van der Waals surface area contributed by atoms with Gasteiger partial charge in [-0.15, -0.1) is 0 Å². The highest BCUT2D eigenvalue weighted by atomic mass is 16.6. The SMILES string of the molecule is CC(C)=NOCC1NC(=O)C1NC(=O)OC(C)(C)C. The van der Waals surface area contributed by atoms with Gasteiger partial charge >= 0.3 is 6.09 Å². The maximum Gasteiger partial charge on any atom is 0.408 e. The molecule has 1 fully saturated rings. The largest absolute Gasteiger partial charge is 0.444 e. The smallest absolute Gasteiger partial charge is 0.408 e. The molecule has 0 aliphatic carbocycles. The lowest BCUT2D eigenvalue weighted by Gasteiger charge is -2.36. The lowest BCUT2D eigenvalue weighted by Crippen LogP contribution is -2.70. The van der Waals surface area contributed by atoms with Crippen LogP contribution in [0.15, 0.2) is 5.16 Å². The minimum Gasteiger partial charge on any atom is -0.444 e. The number of hydrogen-bond acceptors (Lipinski definition) is 5. The van der Waals surface area contributed by atoms with Crippen LogP contribution in [0.4, 0.5) is 4.79 Å². The topological polar surface area (TPSA) is 89.0 Å². The predicted molar refractivity (Wildman–Crippen MR) is 69.8 cm³/mol. The summed E-state index contributed by atoms with van der Waals surface area (Å²) in [7, 11) is 0. The number of alkyl carbamates (subject to hydrolysis) is 1. The summed E-state index contributed by atoms with van der Waals surface area (Å²) in [4.78, 5) is 28.0. The van der Waals surface area contributed by atoms with Crippen LogP contribution < -0.4 is 10.6 Å². The molecular weight excluding hydrogens is 250 g/mol. The van der Waals surface area contributed by atoms with Gasteiger partial charge in [0.1, 0.15) is 18.2 Å². The Morgan fingerprint density at radius 3 is 2.53 bits per heavy atom. The summed E-state index contributed by atoms with van der Waals surface area (Å²) in [5.74, 6) is -0.253. The van der Waals surface area contributed by atoms with Crippen LogP contribution in [0.3, 0.4) is 0 Å². The number of nitrogens with zero attached hydrogens (tertiary/aromatic N) is 1. The number of rotatable bonds is 4. The van der Waals surface area contributed by atoms with Crippen LogP contribution in [0, 0.1) is 0 Å². The lowest BCUT2D eigenvalue weighted by molar-refractivity contribution is -0.133. The number of ether oxygens (including phenoxy) is 1. The van der Waals surface area contributed by atoms with Gasteiger partial charge in [0.15, 0.2) is 0 Å². The first kappa shape index (κ1) is 15.3. The Morgan fingerprint density at radius 1 is 1.42 bits per heavy atom. The number of amides is 2. The molecule has 0 aromatic heterocycles. The van der Waals surface area contributed by atoms with Crippen LogP contribution >= 0.6 is 0 Å². The van der Waals surface area contributed by atoms with Crippen molar-refractivity contribution in [3.05, 3.63) is 0 Å². The summed E-state index contributed by atoms with van der Waals surface area (Å²) >= 11 is 0. The Bertz CT molecular complexity index is 383. The standard InChI is InChI=1S/C12H21N3O4/c1-7(2)15-18-6-8-9(10(16)13-8)14-11(17)19-12(3,4)5/h8-9H,6H2,1-5H3,(H,13,16)(H,14,17). The van der Waals surface area contributed by atoms with E-state index in [1.807, 2.05) is 0 Å². The van der Waals surface area contributed by atoms with Crippen LogP contribution in [-0.2, 0) is 14.4 Å². The highest BCUT2D eigenvalue weighted by molar-refractivity contribution is 5.92. The summed E-state index contributed by atoms with van der Waals surface area (Å²) in [6.45, 7) is 9.08. The lowest BCUT2D eigenvalue weighted by atomic mass is 10.0. The summed E-state index contributed by atoms with van der Waals surface area (Å²) < 4.78 is 5.09. The van der Waals surface area contributed by atoms with Crippen molar-refractivity contribution >= 4 is 17.7 Å². The molecule has 1 saturated heterocycles. The third kappa shape index (κ3) is 5.15. The van der Waals surface area contributed by atoms with Gasteiger partial charge in [-0.3, -0.25) is 4.79 Å². The van der Waals surface area contributed by atoms with Gasteiger partial charge < -0.3 is 20.2 Å². The van der Waals surface area contributed by atoms with Gasteiger partial charge in [-0.1, -0.05) is 5.16 Å². The van der Waals surface area contributed by atoms with Gasteiger partial charge in [0, 0.05) is 0 Å². The molecule has 19 heavy (non-hydrogen) atoms. The molecule has 7 heteroatoms. The zero-order valence-electron chi connectivity index (χ0n) is 11.9. The van der Waals surface area contributed by atoms with Crippen LogP contribution in [0.1, 0.15) is 34.6 Å². The summed E-state index contributed by atoms with van der Waals surface area (Å²) in [6.07, 6.45) is -0.618. The van der Waals surface area contributed by atoms with Gasteiger partial charge in [0.2, 0.25) is 5.91 Å². The molecule has 0 aromatic rings. The van der Waals surface area contributed by atoms with Crippen molar-refractivity contribution in [2.24, 2.45) is 5.16 Å². The van der Waals surface area contributed by atoms with Gasteiger partial charge in [-0.05, 0) is 34.6 Å². The number of carbonyl (C=O) groups is 2. The van der Waals surface area contributed by atoms with E-state index in [0.717, 1.165) is 5.71 Å². The van der Waals surface area contributed by atoms with Crippen molar-refractivity contribution in [2.45, 2.75) is 52.3 Å². The van der Waals surface area contributed by atoms with Gasteiger partial charge in [-0.2, -0.15) is 0 Å². The van der Waals surface area contributed by atoms with Crippen molar-refractivity contribution in [3.8, 4) is 0 Å². The molecular formula is C12H21N3O4. The van der Waals surface area contributed by atoms with E-state index in [2.05, 4.69) is 15.8 Å². The molecule has 0 saturated carbocycles. The molecule has 108 valence electrons. The Morgan fingerprint density at radius 2 is 2.05 bits per heavy atom. The third-order valence-corrected chi connectivity index (χ3v) is 2.19. The second kappa shape index (κ2) is 5.90. The van der Waals surface area contributed by atoms with E-state index in [0.29, 0.717) is 0 Å². The van der Waals surface area contributed by atoms with Crippen molar-refractivity contribution in [1.82, 2.24) is 10.6 Å². The fraction of sp³-hybridized carbons (Fsp3) is 0.750. The minimum atomic E-state index is -0.637. The summed E-state index contributed by atoms with van der Waals surface area (Å²) in [6, 6.07) is -0.926. The third-order valence-electron chi connectivity index (χ3n) is 2.19.